The predicted octanol–water partition coefficient (Wildman–Crippen LogP) is 1.30. The standard InChI is InChI=1S/C11H16FNO2S/c1-15-10-4-3-9(11(12)7-10)8-13-5-6-16(2)14/h3-4,7,13H,5-6,8H2,1-2H3. The van der Waals surface area contributed by atoms with Crippen molar-refractivity contribution in [2.45, 2.75) is 6.54 Å². The maximum atomic E-state index is 13.4. The lowest BCUT2D eigenvalue weighted by atomic mass is 10.2. The zero-order valence-electron chi connectivity index (χ0n) is 9.46. The topological polar surface area (TPSA) is 38.3 Å². The lowest BCUT2D eigenvalue weighted by Gasteiger charge is -2.06. The maximum Gasteiger partial charge on any atom is 0.131 e. The molecule has 0 saturated heterocycles. The number of nitrogens with one attached hydrogen (secondary N) is 1. The van der Waals surface area contributed by atoms with Crippen LogP contribution in [0.1, 0.15) is 5.56 Å². The van der Waals surface area contributed by atoms with E-state index in [0.717, 1.165) is 0 Å². The van der Waals surface area contributed by atoms with E-state index in [1.54, 1.807) is 18.4 Å². The fourth-order valence-corrected chi connectivity index (χ4v) is 1.67. The molecule has 1 rings (SSSR count). The Kier molecular flexibility index (Phi) is 5.42. The molecule has 0 aliphatic rings. The molecule has 1 N–H and O–H groups in total. The number of methoxy groups -OCH3 is 1. The predicted molar refractivity (Wildman–Crippen MR) is 63.6 cm³/mol. The number of rotatable bonds is 6. The summed E-state index contributed by atoms with van der Waals surface area (Å²) in [5.74, 6) is 0.804. The zero-order chi connectivity index (χ0) is 12.0. The molecule has 1 unspecified atom stereocenters. The van der Waals surface area contributed by atoms with E-state index in [2.05, 4.69) is 5.32 Å². The normalized spacial score (nSPS) is 12.4. The monoisotopic (exact) mass is 245 g/mol. The third kappa shape index (κ3) is 4.28. The van der Waals surface area contributed by atoms with E-state index in [4.69, 9.17) is 4.74 Å². The van der Waals surface area contributed by atoms with Crippen LogP contribution in [0.4, 0.5) is 4.39 Å². The van der Waals surface area contributed by atoms with Crippen molar-refractivity contribution in [1.82, 2.24) is 5.32 Å². The molecule has 0 aromatic heterocycles. The van der Waals surface area contributed by atoms with Gasteiger partial charge in [0, 0.05) is 47.5 Å². The fraction of sp³-hybridized carbons (Fsp3) is 0.455. The molecule has 1 atom stereocenters. The van der Waals surface area contributed by atoms with E-state index in [-0.39, 0.29) is 5.82 Å². The van der Waals surface area contributed by atoms with Gasteiger partial charge in [-0.15, -0.1) is 0 Å². The first-order chi connectivity index (χ1) is 7.63. The van der Waals surface area contributed by atoms with Gasteiger partial charge in [0.2, 0.25) is 0 Å². The first-order valence-corrected chi connectivity index (χ1v) is 6.69. The quantitative estimate of drug-likeness (QED) is 0.768. The second-order valence-electron chi connectivity index (χ2n) is 3.41. The maximum absolute atomic E-state index is 13.4. The first kappa shape index (κ1) is 13.1. The molecule has 0 bridgehead atoms. The molecule has 0 spiro atoms. The van der Waals surface area contributed by atoms with Crippen molar-refractivity contribution in [1.29, 1.82) is 0 Å². The van der Waals surface area contributed by atoms with Gasteiger partial charge < -0.3 is 10.1 Å². The molecule has 0 heterocycles. The van der Waals surface area contributed by atoms with Gasteiger partial charge in [-0.25, -0.2) is 4.39 Å². The average molecular weight is 245 g/mol. The molecule has 16 heavy (non-hydrogen) atoms. The van der Waals surface area contributed by atoms with E-state index < -0.39 is 10.8 Å². The van der Waals surface area contributed by atoms with Crippen LogP contribution in [0.3, 0.4) is 0 Å². The summed E-state index contributed by atoms with van der Waals surface area (Å²) in [5.41, 5.74) is 0.586. The largest absolute Gasteiger partial charge is 0.497 e. The second-order valence-corrected chi connectivity index (χ2v) is 4.97. The van der Waals surface area contributed by atoms with Gasteiger partial charge >= 0.3 is 0 Å². The van der Waals surface area contributed by atoms with Crippen molar-refractivity contribution in [3.05, 3.63) is 29.6 Å². The summed E-state index contributed by atoms with van der Waals surface area (Å²) in [4.78, 5) is 0. The smallest absolute Gasteiger partial charge is 0.131 e. The lowest BCUT2D eigenvalue weighted by molar-refractivity contribution is 0.410. The third-order valence-corrected chi connectivity index (χ3v) is 2.92. The van der Waals surface area contributed by atoms with E-state index >= 15 is 0 Å². The Labute approximate surface area is 97.5 Å². The highest BCUT2D eigenvalue weighted by atomic mass is 32.2. The van der Waals surface area contributed by atoms with Crippen molar-refractivity contribution < 1.29 is 13.3 Å². The fourth-order valence-electron chi connectivity index (χ4n) is 1.24. The Balaban J connectivity index is 2.45. The highest BCUT2D eigenvalue weighted by molar-refractivity contribution is 7.84. The summed E-state index contributed by atoms with van der Waals surface area (Å²) in [5, 5.41) is 3.04. The highest BCUT2D eigenvalue weighted by Gasteiger charge is 2.03. The van der Waals surface area contributed by atoms with Crippen LogP contribution in [0, 0.1) is 5.82 Å². The van der Waals surface area contributed by atoms with Gasteiger partial charge in [-0.05, 0) is 6.07 Å². The summed E-state index contributed by atoms with van der Waals surface area (Å²) in [6.45, 7) is 1.06. The van der Waals surface area contributed by atoms with Gasteiger partial charge in [0.1, 0.15) is 11.6 Å². The number of hydrogen-bond donors (Lipinski definition) is 1. The van der Waals surface area contributed by atoms with Crippen LogP contribution in [0.15, 0.2) is 18.2 Å². The van der Waals surface area contributed by atoms with Gasteiger partial charge in [0.25, 0.3) is 0 Å². The Morgan fingerprint density at radius 2 is 2.25 bits per heavy atom. The number of hydrogen-bond acceptors (Lipinski definition) is 3. The van der Waals surface area contributed by atoms with Gasteiger partial charge in [0.05, 0.1) is 7.11 Å². The SMILES string of the molecule is COc1ccc(CNCCS(C)=O)c(F)c1. The number of ether oxygens (including phenoxy) is 1. The van der Waals surface area contributed by atoms with E-state index in [1.165, 1.54) is 13.2 Å². The summed E-state index contributed by atoms with van der Waals surface area (Å²) in [6.07, 6.45) is 1.65. The van der Waals surface area contributed by atoms with Gasteiger partial charge in [-0.3, -0.25) is 4.21 Å². The Morgan fingerprint density at radius 1 is 1.50 bits per heavy atom. The Bertz CT molecular complexity index is 371. The lowest BCUT2D eigenvalue weighted by Crippen LogP contribution is -2.20. The van der Waals surface area contributed by atoms with Crippen molar-refractivity contribution >= 4 is 10.8 Å². The average Bonchev–Trinajstić information content (AvgIpc) is 2.25. The first-order valence-electron chi connectivity index (χ1n) is 4.96. The Morgan fingerprint density at radius 3 is 2.81 bits per heavy atom. The molecule has 0 aliphatic heterocycles. The zero-order valence-corrected chi connectivity index (χ0v) is 10.3. The van der Waals surface area contributed by atoms with E-state index in [1.807, 2.05) is 0 Å². The molecular weight excluding hydrogens is 229 g/mol. The minimum atomic E-state index is -0.810. The molecule has 0 fully saturated rings. The number of benzene rings is 1. The molecule has 1 aromatic carbocycles. The van der Waals surface area contributed by atoms with Crippen LogP contribution >= 0.6 is 0 Å². The van der Waals surface area contributed by atoms with Crippen molar-refractivity contribution in [3.8, 4) is 5.75 Å². The van der Waals surface area contributed by atoms with Crippen molar-refractivity contribution in [3.63, 3.8) is 0 Å². The summed E-state index contributed by atoms with van der Waals surface area (Å²) in [7, 11) is 0.693. The van der Waals surface area contributed by atoms with Crippen LogP contribution in [-0.4, -0.2) is 29.9 Å². The van der Waals surface area contributed by atoms with Crippen LogP contribution in [0.25, 0.3) is 0 Å². The third-order valence-electron chi connectivity index (χ3n) is 2.14. The van der Waals surface area contributed by atoms with Gasteiger partial charge in [0.15, 0.2) is 0 Å². The highest BCUT2D eigenvalue weighted by Crippen LogP contribution is 2.15. The van der Waals surface area contributed by atoms with E-state index in [0.29, 0.717) is 30.2 Å². The van der Waals surface area contributed by atoms with Gasteiger partial charge in [-0.1, -0.05) is 6.07 Å². The molecular formula is C11H16FNO2S. The number of halogens is 1. The Hall–Kier alpha value is -0.940. The molecule has 90 valence electrons. The molecule has 0 aliphatic carbocycles. The summed E-state index contributed by atoms with van der Waals surface area (Å²) in [6, 6.07) is 4.76. The molecule has 3 nitrogen and oxygen atoms in total. The van der Waals surface area contributed by atoms with Crippen molar-refractivity contribution in [2.24, 2.45) is 0 Å². The summed E-state index contributed by atoms with van der Waals surface area (Å²) >= 11 is 0. The molecule has 5 heteroatoms. The molecule has 0 amide bonds. The summed E-state index contributed by atoms with van der Waals surface area (Å²) < 4.78 is 29.1. The van der Waals surface area contributed by atoms with E-state index in [9.17, 15) is 8.60 Å². The van der Waals surface area contributed by atoms with Crippen LogP contribution < -0.4 is 10.1 Å². The second kappa shape index (κ2) is 6.60. The van der Waals surface area contributed by atoms with Gasteiger partial charge in [-0.2, -0.15) is 0 Å². The molecule has 1 aromatic rings. The minimum absolute atomic E-state index is 0.288. The van der Waals surface area contributed by atoms with Crippen LogP contribution in [-0.2, 0) is 17.3 Å². The van der Waals surface area contributed by atoms with Crippen molar-refractivity contribution in [2.75, 3.05) is 25.7 Å². The molecule has 0 saturated carbocycles. The van der Waals surface area contributed by atoms with Crippen LogP contribution in [0.5, 0.6) is 5.75 Å². The molecule has 0 radical (unpaired) electrons. The minimum Gasteiger partial charge on any atom is -0.497 e. The van der Waals surface area contributed by atoms with Crippen LogP contribution in [0.2, 0.25) is 0 Å².